The molecule has 3 rings (SSSR count). The maximum Gasteiger partial charge on any atom is 0.129 e. The molecular weight excluding hydrogens is 374 g/mol. The van der Waals surface area contributed by atoms with E-state index in [9.17, 15) is 0 Å². The van der Waals surface area contributed by atoms with Crippen LogP contribution in [0.1, 0.15) is 59.1 Å². The third kappa shape index (κ3) is 5.96. The van der Waals surface area contributed by atoms with Crippen molar-refractivity contribution in [2.45, 2.75) is 59.2 Å². The standard InChI is InChI=1S/C26H33NO3/c1-25(2,3)29-17-11-7-10-16-28-19-14-15-21-20-12-8-9-13-22(20)24(23(21)18-19)27-30-26(4,5)6/h7-10,12-15,18H,11,16-17H2,1-6H3. The molecule has 4 heteroatoms. The second kappa shape index (κ2) is 9.05. The molecule has 0 spiro atoms. The summed E-state index contributed by atoms with van der Waals surface area (Å²) in [5, 5.41) is 4.50. The highest BCUT2D eigenvalue weighted by atomic mass is 16.6. The molecule has 2 aromatic carbocycles. The fraction of sp³-hybridized carbons (Fsp3) is 0.423. The lowest BCUT2D eigenvalue weighted by molar-refractivity contribution is -0.000210. The minimum Gasteiger partial charge on any atom is -0.490 e. The Hall–Kier alpha value is -2.59. The highest BCUT2D eigenvalue weighted by molar-refractivity contribution is 6.24. The number of ether oxygens (including phenoxy) is 2. The summed E-state index contributed by atoms with van der Waals surface area (Å²) in [6.07, 6.45) is 5.01. The number of fused-ring (bicyclic) bond motifs is 3. The van der Waals surface area contributed by atoms with E-state index in [1.165, 1.54) is 5.56 Å². The zero-order valence-corrected chi connectivity index (χ0v) is 19.0. The fourth-order valence-electron chi connectivity index (χ4n) is 3.16. The number of hydrogen-bond acceptors (Lipinski definition) is 4. The summed E-state index contributed by atoms with van der Waals surface area (Å²) in [6.45, 7) is 13.4. The summed E-state index contributed by atoms with van der Waals surface area (Å²) in [7, 11) is 0. The van der Waals surface area contributed by atoms with E-state index in [0.29, 0.717) is 13.2 Å². The molecule has 4 nitrogen and oxygen atoms in total. The molecule has 0 aromatic heterocycles. The van der Waals surface area contributed by atoms with Crippen LogP contribution in [0.3, 0.4) is 0 Å². The summed E-state index contributed by atoms with van der Waals surface area (Å²) in [5.74, 6) is 0.820. The molecular formula is C26H33NO3. The van der Waals surface area contributed by atoms with Crippen molar-refractivity contribution in [2.24, 2.45) is 5.16 Å². The Balaban J connectivity index is 1.69. The predicted molar refractivity (Wildman–Crippen MR) is 123 cm³/mol. The highest BCUT2D eigenvalue weighted by Gasteiger charge is 2.26. The highest BCUT2D eigenvalue weighted by Crippen LogP contribution is 2.39. The number of nitrogens with zero attached hydrogens (tertiary/aromatic N) is 1. The molecule has 0 fully saturated rings. The monoisotopic (exact) mass is 407 g/mol. The van der Waals surface area contributed by atoms with Crippen LogP contribution >= 0.6 is 0 Å². The van der Waals surface area contributed by atoms with Gasteiger partial charge in [-0.15, -0.1) is 0 Å². The van der Waals surface area contributed by atoms with Crippen LogP contribution in [0.4, 0.5) is 0 Å². The van der Waals surface area contributed by atoms with Gasteiger partial charge in [0.2, 0.25) is 0 Å². The molecule has 0 saturated heterocycles. The first-order valence-corrected chi connectivity index (χ1v) is 10.6. The minimum atomic E-state index is -0.347. The quantitative estimate of drug-likeness (QED) is 0.259. The van der Waals surface area contributed by atoms with Crippen LogP contribution in [-0.4, -0.2) is 30.1 Å². The normalized spacial score (nSPS) is 14.8. The topological polar surface area (TPSA) is 40.0 Å². The number of oxime groups is 1. The number of benzene rings is 2. The van der Waals surface area contributed by atoms with Crippen molar-refractivity contribution in [2.75, 3.05) is 13.2 Å². The van der Waals surface area contributed by atoms with E-state index >= 15 is 0 Å². The van der Waals surface area contributed by atoms with Crippen molar-refractivity contribution in [3.05, 3.63) is 65.7 Å². The molecule has 0 heterocycles. The Labute approximate surface area is 180 Å². The van der Waals surface area contributed by atoms with Crippen LogP contribution in [0.5, 0.6) is 5.75 Å². The molecule has 160 valence electrons. The van der Waals surface area contributed by atoms with E-state index in [2.05, 4.69) is 62.3 Å². The van der Waals surface area contributed by atoms with E-state index in [1.54, 1.807) is 0 Å². The van der Waals surface area contributed by atoms with Gasteiger partial charge in [0.15, 0.2) is 0 Å². The average Bonchev–Trinajstić information content (AvgIpc) is 2.97. The number of rotatable bonds is 7. The first-order chi connectivity index (χ1) is 14.1. The van der Waals surface area contributed by atoms with Crippen molar-refractivity contribution < 1.29 is 14.3 Å². The molecule has 2 aromatic rings. The van der Waals surface area contributed by atoms with Gasteiger partial charge in [-0.05, 0) is 77.3 Å². The lowest BCUT2D eigenvalue weighted by atomic mass is 10.1. The van der Waals surface area contributed by atoms with Gasteiger partial charge in [0.1, 0.15) is 23.7 Å². The lowest BCUT2D eigenvalue weighted by Gasteiger charge is -2.18. The van der Waals surface area contributed by atoms with E-state index in [-0.39, 0.29) is 11.2 Å². The first kappa shape index (κ1) is 22.1. The minimum absolute atomic E-state index is 0.0949. The molecule has 0 unspecified atom stereocenters. The molecule has 0 atom stereocenters. The Bertz CT molecular complexity index is 930. The van der Waals surface area contributed by atoms with Gasteiger partial charge in [0, 0.05) is 11.1 Å². The Morgan fingerprint density at radius 1 is 0.800 bits per heavy atom. The summed E-state index contributed by atoms with van der Waals surface area (Å²) < 4.78 is 11.7. The van der Waals surface area contributed by atoms with Crippen LogP contribution in [0, 0.1) is 0 Å². The van der Waals surface area contributed by atoms with Gasteiger partial charge < -0.3 is 14.3 Å². The molecule has 0 radical (unpaired) electrons. The van der Waals surface area contributed by atoms with Crippen LogP contribution in [0.15, 0.2) is 59.8 Å². The van der Waals surface area contributed by atoms with Crippen molar-refractivity contribution in [1.82, 2.24) is 0 Å². The molecule has 0 aliphatic heterocycles. The Morgan fingerprint density at radius 2 is 1.50 bits per heavy atom. The van der Waals surface area contributed by atoms with Crippen molar-refractivity contribution in [3.8, 4) is 16.9 Å². The van der Waals surface area contributed by atoms with E-state index < -0.39 is 0 Å². The first-order valence-electron chi connectivity index (χ1n) is 10.6. The zero-order valence-electron chi connectivity index (χ0n) is 19.0. The Morgan fingerprint density at radius 3 is 2.20 bits per heavy atom. The van der Waals surface area contributed by atoms with Crippen molar-refractivity contribution >= 4 is 5.71 Å². The van der Waals surface area contributed by atoms with Crippen LogP contribution in [-0.2, 0) is 9.57 Å². The smallest absolute Gasteiger partial charge is 0.129 e. The van der Waals surface area contributed by atoms with E-state index in [4.69, 9.17) is 14.3 Å². The summed E-state index contributed by atoms with van der Waals surface area (Å²) in [5.41, 5.74) is 4.88. The molecule has 0 saturated carbocycles. The lowest BCUT2D eigenvalue weighted by Crippen LogP contribution is -2.19. The van der Waals surface area contributed by atoms with Gasteiger partial charge in [-0.25, -0.2) is 0 Å². The van der Waals surface area contributed by atoms with Gasteiger partial charge in [-0.1, -0.05) is 41.6 Å². The summed E-state index contributed by atoms with van der Waals surface area (Å²) in [6, 6.07) is 14.5. The van der Waals surface area contributed by atoms with Gasteiger partial charge in [0.25, 0.3) is 0 Å². The fourth-order valence-corrected chi connectivity index (χ4v) is 3.16. The van der Waals surface area contributed by atoms with Gasteiger partial charge in [-0.2, -0.15) is 0 Å². The van der Waals surface area contributed by atoms with Crippen LogP contribution in [0.25, 0.3) is 11.1 Å². The number of hydrogen-bond donors (Lipinski definition) is 0. The SMILES string of the molecule is CC(C)(C)OCCC=CCOc1ccc2c(c1)C(=NOC(C)(C)C)c1ccccc1-2. The van der Waals surface area contributed by atoms with Crippen LogP contribution < -0.4 is 4.74 Å². The predicted octanol–water partition coefficient (Wildman–Crippen LogP) is 6.37. The van der Waals surface area contributed by atoms with Crippen LogP contribution in [0.2, 0.25) is 0 Å². The van der Waals surface area contributed by atoms with Crippen molar-refractivity contribution in [3.63, 3.8) is 0 Å². The second-order valence-corrected chi connectivity index (χ2v) is 9.43. The molecule has 0 amide bonds. The molecule has 1 aliphatic rings. The molecule has 0 N–H and O–H groups in total. The van der Waals surface area contributed by atoms with Gasteiger partial charge in [0.05, 0.1) is 12.2 Å². The largest absolute Gasteiger partial charge is 0.490 e. The third-order valence-corrected chi connectivity index (χ3v) is 4.46. The van der Waals surface area contributed by atoms with E-state index in [1.807, 2.05) is 39.0 Å². The molecule has 30 heavy (non-hydrogen) atoms. The summed E-state index contributed by atoms with van der Waals surface area (Å²) >= 11 is 0. The van der Waals surface area contributed by atoms with Gasteiger partial charge in [-0.3, -0.25) is 0 Å². The maximum atomic E-state index is 5.95. The summed E-state index contributed by atoms with van der Waals surface area (Å²) in [4.78, 5) is 5.75. The van der Waals surface area contributed by atoms with Gasteiger partial charge >= 0.3 is 0 Å². The van der Waals surface area contributed by atoms with Crippen molar-refractivity contribution in [1.29, 1.82) is 0 Å². The Kier molecular flexibility index (Phi) is 6.67. The second-order valence-electron chi connectivity index (χ2n) is 9.43. The molecule has 1 aliphatic carbocycles. The third-order valence-electron chi connectivity index (χ3n) is 4.46. The zero-order chi connectivity index (χ0) is 21.8. The molecule has 0 bridgehead atoms. The average molecular weight is 408 g/mol. The van der Waals surface area contributed by atoms with E-state index in [0.717, 1.165) is 34.6 Å². The maximum absolute atomic E-state index is 5.95.